The molecule has 1 amide bonds. The largest absolute Gasteiger partial charge is 0.480 e. The van der Waals surface area contributed by atoms with Gasteiger partial charge in [0.25, 0.3) is 5.91 Å². The number of benzene rings is 1. The fourth-order valence-electron chi connectivity index (χ4n) is 1.62. The highest BCUT2D eigenvalue weighted by Crippen LogP contribution is 2.05. The first-order valence-corrected chi connectivity index (χ1v) is 6.02. The number of nitrogens with one attached hydrogen (secondary N) is 1. The number of carbonyl (C=O) groups is 2. The summed E-state index contributed by atoms with van der Waals surface area (Å²) in [6.07, 6.45) is 0.705. The Bertz CT molecular complexity index is 431. The van der Waals surface area contributed by atoms with Crippen molar-refractivity contribution in [3.63, 3.8) is 0 Å². The Morgan fingerprint density at radius 1 is 1.26 bits per heavy atom. The standard InChI is InChI=1S/C13H18N2O4/c14-7-5-9-1-3-10(4-2-9)12(17)15-11(6-8-16)13(18)19/h1-4,11,16H,5-8,14H2,(H,15,17)(H,18,19)/t11-/m1/s1. The van der Waals surface area contributed by atoms with E-state index in [1.165, 1.54) is 0 Å². The molecule has 0 saturated carbocycles. The average Bonchev–Trinajstić information content (AvgIpc) is 2.39. The van der Waals surface area contributed by atoms with Crippen molar-refractivity contribution in [2.75, 3.05) is 13.2 Å². The van der Waals surface area contributed by atoms with Crippen LogP contribution in [-0.2, 0) is 11.2 Å². The number of carbonyl (C=O) groups excluding carboxylic acids is 1. The SMILES string of the molecule is NCCc1ccc(C(=O)N[C@H](CCO)C(=O)O)cc1. The smallest absolute Gasteiger partial charge is 0.326 e. The molecule has 0 aliphatic carbocycles. The highest BCUT2D eigenvalue weighted by Gasteiger charge is 2.19. The van der Waals surface area contributed by atoms with Gasteiger partial charge in [0.15, 0.2) is 0 Å². The molecule has 104 valence electrons. The van der Waals surface area contributed by atoms with Crippen LogP contribution >= 0.6 is 0 Å². The molecule has 0 saturated heterocycles. The molecule has 0 aliphatic heterocycles. The minimum atomic E-state index is -1.16. The molecule has 0 aromatic heterocycles. The number of hydrogen-bond acceptors (Lipinski definition) is 4. The van der Waals surface area contributed by atoms with Crippen LogP contribution in [0.5, 0.6) is 0 Å². The summed E-state index contributed by atoms with van der Waals surface area (Å²) in [5, 5.41) is 20.0. The molecule has 0 aliphatic rings. The lowest BCUT2D eigenvalue weighted by Crippen LogP contribution is -2.41. The number of carboxylic acid groups (broad SMARTS) is 1. The summed E-state index contributed by atoms with van der Waals surface area (Å²) in [6, 6.07) is 5.73. The molecule has 1 aromatic carbocycles. The van der Waals surface area contributed by atoms with Crippen LogP contribution in [0.1, 0.15) is 22.3 Å². The molecule has 6 heteroatoms. The van der Waals surface area contributed by atoms with Crippen molar-refractivity contribution in [3.8, 4) is 0 Å². The maximum Gasteiger partial charge on any atom is 0.326 e. The number of hydrogen-bond donors (Lipinski definition) is 4. The fourth-order valence-corrected chi connectivity index (χ4v) is 1.62. The van der Waals surface area contributed by atoms with Crippen LogP contribution in [0, 0.1) is 0 Å². The summed E-state index contributed by atoms with van der Waals surface area (Å²) in [7, 11) is 0. The molecular weight excluding hydrogens is 248 g/mol. The topological polar surface area (TPSA) is 113 Å². The van der Waals surface area contributed by atoms with Gasteiger partial charge in [-0.15, -0.1) is 0 Å². The second-order valence-electron chi connectivity index (χ2n) is 4.11. The Labute approximate surface area is 111 Å². The highest BCUT2D eigenvalue weighted by molar-refractivity contribution is 5.96. The van der Waals surface area contributed by atoms with Gasteiger partial charge >= 0.3 is 5.97 Å². The van der Waals surface area contributed by atoms with Crippen LogP contribution in [0.2, 0.25) is 0 Å². The Morgan fingerprint density at radius 2 is 1.89 bits per heavy atom. The van der Waals surface area contributed by atoms with Crippen molar-refractivity contribution in [3.05, 3.63) is 35.4 Å². The van der Waals surface area contributed by atoms with E-state index in [0.29, 0.717) is 12.1 Å². The summed E-state index contributed by atoms with van der Waals surface area (Å²) in [5.74, 6) is -1.64. The molecule has 5 N–H and O–H groups in total. The molecule has 1 rings (SSSR count). The van der Waals surface area contributed by atoms with Gasteiger partial charge < -0.3 is 21.3 Å². The van der Waals surface area contributed by atoms with Gasteiger partial charge in [0.2, 0.25) is 0 Å². The number of amides is 1. The van der Waals surface area contributed by atoms with E-state index >= 15 is 0 Å². The van der Waals surface area contributed by atoms with Crippen molar-refractivity contribution in [1.82, 2.24) is 5.32 Å². The summed E-state index contributed by atoms with van der Waals surface area (Å²) < 4.78 is 0. The van der Waals surface area contributed by atoms with Gasteiger partial charge in [-0.3, -0.25) is 4.79 Å². The third kappa shape index (κ3) is 4.69. The highest BCUT2D eigenvalue weighted by atomic mass is 16.4. The molecule has 0 spiro atoms. The maximum absolute atomic E-state index is 11.8. The van der Waals surface area contributed by atoms with Crippen LogP contribution in [-0.4, -0.2) is 41.3 Å². The lowest BCUT2D eigenvalue weighted by atomic mass is 10.1. The second-order valence-corrected chi connectivity index (χ2v) is 4.11. The van der Waals surface area contributed by atoms with Crippen molar-refractivity contribution in [1.29, 1.82) is 0 Å². The predicted octanol–water partition coefficient (Wildman–Crippen LogP) is -0.247. The first kappa shape index (κ1) is 15.1. The number of aliphatic carboxylic acids is 1. The van der Waals surface area contributed by atoms with Gasteiger partial charge in [-0.1, -0.05) is 12.1 Å². The quantitative estimate of drug-likeness (QED) is 0.544. The van der Waals surface area contributed by atoms with E-state index in [1.807, 2.05) is 0 Å². The van der Waals surface area contributed by atoms with Gasteiger partial charge in [-0.25, -0.2) is 4.79 Å². The van der Waals surface area contributed by atoms with Gasteiger partial charge in [0.1, 0.15) is 6.04 Å². The molecule has 0 fully saturated rings. The zero-order valence-corrected chi connectivity index (χ0v) is 10.5. The van der Waals surface area contributed by atoms with E-state index in [4.69, 9.17) is 15.9 Å². The zero-order valence-electron chi connectivity index (χ0n) is 10.5. The van der Waals surface area contributed by atoms with E-state index in [9.17, 15) is 9.59 Å². The van der Waals surface area contributed by atoms with Crippen molar-refractivity contribution < 1.29 is 19.8 Å². The molecule has 0 bridgehead atoms. The molecule has 0 unspecified atom stereocenters. The lowest BCUT2D eigenvalue weighted by molar-refractivity contribution is -0.139. The van der Waals surface area contributed by atoms with Gasteiger partial charge in [-0.2, -0.15) is 0 Å². The lowest BCUT2D eigenvalue weighted by Gasteiger charge is -2.13. The Morgan fingerprint density at radius 3 is 2.37 bits per heavy atom. The van der Waals surface area contributed by atoms with E-state index in [-0.39, 0.29) is 13.0 Å². The summed E-state index contributed by atoms with van der Waals surface area (Å²) >= 11 is 0. The Kier molecular flexibility index (Phi) is 5.98. The maximum atomic E-state index is 11.8. The van der Waals surface area contributed by atoms with E-state index in [2.05, 4.69) is 5.32 Å². The number of aliphatic hydroxyl groups excluding tert-OH is 1. The number of nitrogens with two attached hydrogens (primary N) is 1. The number of rotatable bonds is 7. The fraction of sp³-hybridized carbons (Fsp3) is 0.385. The van der Waals surface area contributed by atoms with E-state index < -0.39 is 17.9 Å². The molecule has 6 nitrogen and oxygen atoms in total. The average molecular weight is 266 g/mol. The van der Waals surface area contributed by atoms with Gasteiger partial charge in [0, 0.05) is 18.6 Å². The monoisotopic (exact) mass is 266 g/mol. The number of aliphatic hydroxyl groups is 1. The Hall–Kier alpha value is -1.92. The second kappa shape index (κ2) is 7.50. The van der Waals surface area contributed by atoms with Crippen LogP contribution in [0.4, 0.5) is 0 Å². The Balaban J connectivity index is 2.68. The van der Waals surface area contributed by atoms with Crippen LogP contribution < -0.4 is 11.1 Å². The van der Waals surface area contributed by atoms with E-state index in [1.54, 1.807) is 24.3 Å². The molecule has 0 heterocycles. The van der Waals surface area contributed by atoms with Gasteiger partial charge in [0.05, 0.1) is 0 Å². The minimum Gasteiger partial charge on any atom is -0.480 e. The van der Waals surface area contributed by atoms with Gasteiger partial charge in [-0.05, 0) is 30.7 Å². The minimum absolute atomic E-state index is 0.0215. The van der Waals surface area contributed by atoms with Crippen LogP contribution in [0.3, 0.4) is 0 Å². The number of carboxylic acids is 1. The van der Waals surface area contributed by atoms with Crippen molar-refractivity contribution in [2.24, 2.45) is 5.73 Å². The summed E-state index contributed by atoms with van der Waals surface area (Å²) in [4.78, 5) is 22.7. The third-order valence-corrected chi connectivity index (χ3v) is 2.67. The predicted molar refractivity (Wildman–Crippen MR) is 69.8 cm³/mol. The van der Waals surface area contributed by atoms with E-state index in [0.717, 1.165) is 12.0 Å². The van der Waals surface area contributed by atoms with Crippen molar-refractivity contribution in [2.45, 2.75) is 18.9 Å². The molecule has 1 aromatic rings. The first-order valence-electron chi connectivity index (χ1n) is 6.02. The summed E-state index contributed by atoms with van der Waals surface area (Å²) in [5.41, 5.74) is 6.82. The normalized spacial score (nSPS) is 11.9. The molecule has 19 heavy (non-hydrogen) atoms. The van der Waals surface area contributed by atoms with Crippen LogP contribution in [0.25, 0.3) is 0 Å². The zero-order chi connectivity index (χ0) is 14.3. The van der Waals surface area contributed by atoms with Crippen LogP contribution in [0.15, 0.2) is 24.3 Å². The molecular formula is C13H18N2O4. The molecule has 0 radical (unpaired) electrons. The first-order chi connectivity index (χ1) is 9.08. The summed E-state index contributed by atoms with van der Waals surface area (Å²) in [6.45, 7) is 0.232. The van der Waals surface area contributed by atoms with Crippen molar-refractivity contribution >= 4 is 11.9 Å². The molecule has 1 atom stereocenters. The third-order valence-electron chi connectivity index (χ3n) is 2.67.